The number of piperazine rings is 1. The van der Waals surface area contributed by atoms with Gasteiger partial charge >= 0.3 is 0 Å². The summed E-state index contributed by atoms with van der Waals surface area (Å²) < 4.78 is 0.620. The zero-order chi connectivity index (χ0) is 7.56. The number of hydrogen-bond acceptors (Lipinski definition) is 2. The van der Waals surface area contributed by atoms with Gasteiger partial charge in [-0.3, -0.25) is 9.59 Å². The highest BCUT2D eigenvalue weighted by atomic mass is 127. The van der Waals surface area contributed by atoms with Crippen LogP contribution in [0.5, 0.6) is 0 Å². The minimum Gasteiger partial charge on any atom is -0.345 e. The predicted molar refractivity (Wildman–Crippen MR) is 43.8 cm³/mol. The van der Waals surface area contributed by atoms with Crippen LogP contribution in [0.1, 0.15) is 0 Å². The van der Waals surface area contributed by atoms with Crippen molar-refractivity contribution in [2.75, 3.05) is 11.0 Å². The van der Waals surface area contributed by atoms with Crippen LogP contribution in [-0.4, -0.2) is 28.8 Å². The van der Waals surface area contributed by atoms with Crippen LogP contribution >= 0.6 is 22.6 Å². The Kier molecular flexibility index (Phi) is 2.47. The Bertz CT molecular complexity index is 171. The summed E-state index contributed by atoms with van der Waals surface area (Å²) in [7, 11) is 0. The minimum absolute atomic E-state index is 0.0889. The van der Waals surface area contributed by atoms with Crippen molar-refractivity contribution in [3.8, 4) is 0 Å². The van der Waals surface area contributed by atoms with Crippen LogP contribution in [0.4, 0.5) is 0 Å². The summed E-state index contributed by atoms with van der Waals surface area (Å²) in [6.45, 7) is 0.117. The summed E-state index contributed by atoms with van der Waals surface area (Å²) in [5.41, 5.74) is 0. The van der Waals surface area contributed by atoms with Crippen molar-refractivity contribution in [2.24, 2.45) is 0 Å². The van der Waals surface area contributed by atoms with Crippen LogP contribution in [0.15, 0.2) is 0 Å². The number of carbonyl (C=O) groups excluding carboxylic acids is 2. The molecular formula is C5H7IN2O2. The molecule has 1 atom stereocenters. The molecule has 0 aromatic carbocycles. The highest BCUT2D eigenvalue weighted by Crippen LogP contribution is 1.94. The molecule has 1 rings (SSSR count). The van der Waals surface area contributed by atoms with Gasteiger partial charge in [0.2, 0.25) is 11.8 Å². The standard InChI is InChI=1S/C5H7IN2O2/c6-1-3-5(10)7-2-4(9)8-3/h3H,1-2H2,(H,7,10)(H,8,9). The van der Waals surface area contributed by atoms with Crippen molar-refractivity contribution in [2.45, 2.75) is 6.04 Å². The lowest BCUT2D eigenvalue weighted by atomic mass is 10.2. The molecule has 10 heavy (non-hydrogen) atoms. The van der Waals surface area contributed by atoms with Gasteiger partial charge in [-0.25, -0.2) is 0 Å². The van der Waals surface area contributed by atoms with Crippen LogP contribution in [-0.2, 0) is 9.59 Å². The van der Waals surface area contributed by atoms with Gasteiger partial charge in [0.05, 0.1) is 6.54 Å². The summed E-state index contributed by atoms with van der Waals surface area (Å²) >= 11 is 2.06. The molecule has 0 bridgehead atoms. The lowest BCUT2D eigenvalue weighted by Crippen LogP contribution is -2.56. The minimum atomic E-state index is -0.332. The third kappa shape index (κ3) is 1.59. The van der Waals surface area contributed by atoms with Crippen molar-refractivity contribution in [1.82, 2.24) is 10.6 Å². The third-order valence-corrected chi connectivity index (χ3v) is 2.11. The van der Waals surface area contributed by atoms with Gasteiger partial charge in [0.25, 0.3) is 0 Å². The molecule has 1 aliphatic rings. The Hall–Kier alpha value is -0.330. The molecule has 1 aliphatic heterocycles. The first-order valence-electron chi connectivity index (χ1n) is 2.87. The maximum atomic E-state index is 10.8. The molecule has 1 unspecified atom stereocenters. The fourth-order valence-electron chi connectivity index (χ4n) is 0.710. The maximum Gasteiger partial charge on any atom is 0.243 e. The molecule has 0 aliphatic carbocycles. The molecule has 0 aromatic heterocycles. The number of carbonyl (C=O) groups is 2. The second kappa shape index (κ2) is 3.18. The summed E-state index contributed by atoms with van der Waals surface area (Å²) in [6.07, 6.45) is 0. The molecular weight excluding hydrogens is 247 g/mol. The van der Waals surface area contributed by atoms with Gasteiger partial charge in [-0.15, -0.1) is 0 Å². The third-order valence-electron chi connectivity index (χ3n) is 1.23. The Morgan fingerprint density at radius 2 is 2.30 bits per heavy atom. The van der Waals surface area contributed by atoms with E-state index in [1.807, 2.05) is 0 Å². The number of amides is 2. The van der Waals surface area contributed by atoms with Crippen molar-refractivity contribution in [3.05, 3.63) is 0 Å². The monoisotopic (exact) mass is 254 g/mol. The summed E-state index contributed by atoms with van der Waals surface area (Å²) in [4.78, 5) is 21.5. The first-order valence-corrected chi connectivity index (χ1v) is 4.39. The van der Waals surface area contributed by atoms with Gasteiger partial charge in [0, 0.05) is 4.43 Å². The highest BCUT2D eigenvalue weighted by Gasteiger charge is 2.23. The van der Waals surface area contributed by atoms with E-state index >= 15 is 0 Å². The zero-order valence-corrected chi connectivity index (χ0v) is 7.34. The maximum absolute atomic E-state index is 10.8. The van der Waals surface area contributed by atoms with E-state index in [4.69, 9.17) is 0 Å². The molecule has 0 saturated carbocycles. The van der Waals surface area contributed by atoms with Gasteiger partial charge in [-0.1, -0.05) is 22.6 Å². The second-order valence-corrected chi connectivity index (χ2v) is 2.87. The molecule has 0 aromatic rings. The summed E-state index contributed by atoms with van der Waals surface area (Å²) in [5, 5.41) is 5.03. The Morgan fingerprint density at radius 3 is 2.80 bits per heavy atom. The van der Waals surface area contributed by atoms with Gasteiger partial charge in [-0.2, -0.15) is 0 Å². The molecule has 0 radical (unpaired) electrons. The molecule has 4 nitrogen and oxygen atoms in total. The average molecular weight is 254 g/mol. The highest BCUT2D eigenvalue weighted by molar-refractivity contribution is 14.1. The fourth-order valence-corrected chi connectivity index (χ4v) is 1.33. The molecule has 0 spiro atoms. The van der Waals surface area contributed by atoms with Crippen LogP contribution in [0, 0.1) is 0 Å². The van der Waals surface area contributed by atoms with Crippen LogP contribution in [0.3, 0.4) is 0 Å². The van der Waals surface area contributed by atoms with E-state index in [0.29, 0.717) is 4.43 Å². The van der Waals surface area contributed by atoms with Crippen molar-refractivity contribution in [1.29, 1.82) is 0 Å². The molecule has 1 fully saturated rings. The van der Waals surface area contributed by atoms with E-state index in [-0.39, 0.29) is 24.4 Å². The normalized spacial score (nSPS) is 25.5. The van der Waals surface area contributed by atoms with Gasteiger partial charge in [0.1, 0.15) is 6.04 Å². The van der Waals surface area contributed by atoms with Crippen molar-refractivity contribution < 1.29 is 9.59 Å². The number of nitrogens with one attached hydrogen (secondary N) is 2. The molecule has 56 valence electrons. The molecule has 1 heterocycles. The molecule has 2 amide bonds. The summed E-state index contributed by atoms with van der Waals surface area (Å²) in [6, 6.07) is -0.332. The van der Waals surface area contributed by atoms with E-state index in [1.54, 1.807) is 0 Å². The Labute approximate surface area is 71.9 Å². The number of halogens is 1. The van der Waals surface area contributed by atoms with E-state index < -0.39 is 0 Å². The van der Waals surface area contributed by atoms with Gasteiger partial charge in [-0.05, 0) is 0 Å². The van der Waals surface area contributed by atoms with Crippen LogP contribution in [0.2, 0.25) is 0 Å². The Morgan fingerprint density at radius 1 is 1.60 bits per heavy atom. The lowest BCUT2D eigenvalue weighted by molar-refractivity contribution is -0.132. The molecule has 2 N–H and O–H groups in total. The number of rotatable bonds is 1. The number of hydrogen-bond donors (Lipinski definition) is 2. The first kappa shape index (κ1) is 7.77. The van der Waals surface area contributed by atoms with E-state index in [2.05, 4.69) is 33.2 Å². The molecule has 1 saturated heterocycles. The van der Waals surface area contributed by atoms with Gasteiger partial charge < -0.3 is 10.6 Å². The van der Waals surface area contributed by atoms with Crippen molar-refractivity contribution in [3.63, 3.8) is 0 Å². The predicted octanol–water partition coefficient (Wildman–Crippen LogP) is -0.964. The smallest absolute Gasteiger partial charge is 0.243 e. The summed E-state index contributed by atoms with van der Waals surface area (Å²) in [5.74, 6) is -0.199. The molecule has 5 heteroatoms. The topological polar surface area (TPSA) is 58.2 Å². The second-order valence-electron chi connectivity index (χ2n) is 1.99. The van der Waals surface area contributed by atoms with E-state index in [9.17, 15) is 9.59 Å². The van der Waals surface area contributed by atoms with Crippen molar-refractivity contribution >= 4 is 34.4 Å². The van der Waals surface area contributed by atoms with Crippen LogP contribution < -0.4 is 10.6 Å². The van der Waals surface area contributed by atoms with E-state index in [1.165, 1.54) is 0 Å². The number of alkyl halides is 1. The zero-order valence-electron chi connectivity index (χ0n) is 5.19. The SMILES string of the molecule is O=C1CNC(=O)C(CI)N1. The van der Waals surface area contributed by atoms with Gasteiger partial charge in [0.15, 0.2) is 0 Å². The largest absolute Gasteiger partial charge is 0.345 e. The van der Waals surface area contributed by atoms with E-state index in [0.717, 1.165) is 0 Å². The Balaban J connectivity index is 2.53. The average Bonchev–Trinajstić information content (AvgIpc) is 1.94. The first-order chi connectivity index (χ1) is 4.74. The quantitative estimate of drug-likeness (QED) is 0.467. The van der Waals surface area contributed by atoms with Crippen LogP contribution in [0.25, 0.3) is 0 Å². The lowest BCUT2D eigenvalue weighted by Gasteiger charge is -2.20. The fraction of sp³-hybridized carbons (Fsp3) is 0.600.